The minimum Gasteiger partial charge on any atom is -0.475 e. The van der Waals surface area contributed by atoms with E-state index in [1.807, 2.05) is 6.07 Å². The van der Waals surface area contributed by atoms with Crippen molar-refractivity contribution in [3.63, 3.8) is 0 Å². The highest BCUT2D eigenvalue weighted by atomic mass is 32.2. The lowest BCUT2D eigenvalue weighted by atomic mass is 10.3. The Bertz CT molecular complexity index is 582. The first-order valence-corrected chi connectivity index (χ1v) is 6.57. The summed E-state index contributed by atoms with van der Waals surface area (Å²) < 4.78 is 30.7. The van der Waals surface area contributed by atoms with E-state index in [0.29, 0.717) is 6.42 Å². The number of unbranched alkanes of at least 4 members (excludes halogenated alkanes) is 1. The SMILES string of the molecule is Cc1oc(C(=O)O)cc1S(=O)(=O)NCCCC#N. The van der Waals surface area contributed by atoms with Crippen molar-refractivity contribution >= 4 is 16.0 Å². The fourth-order valence-corrected chi connectivity index (χ4v) is 2.54. The molecule has 0 aliphatic carbocycles. The fourth-order valence-electron chi connectivity index (χ4n) is 1.29. The van der Waals surface area contributed by atoms with E-state index in [1.54, 1.807) is 0 Å². The number of aromatic carboxylic acids is 1. The number of nitriles is 1. The zero-order valence-electron chi connectivity index (χ0n) is 9.63. The first-order valence-electron chi connectivity index (χ1n) is 5.09. The number of rotatable bonds is 6. The lowest BCUT2D eigenvalue weighted by Crippen LogP contribution is -2.24. The van der Waals surface area contributed by atoms with Gasteiger partial charge in [0, 0.05) is 19.0 Å². The van der Waals surface area contributed by atoms with Crippen LogP contribution >= 0.6 is 0 Å². The molecule has 0 spiro atoms. The highest BCUT2D eigenvalue weighted by molar-refractivity contribution is 7.89. The van der Waals surface area contributed by atoms with Gasteiger partial charge in [0.1, 0.15) is 10.7 Å². The van der Waals surface area contributed by atoms with Crippen molar-refractivity contribution in [3.8, 4) is 6.07 Å². The Morgan fingerprint density at radius 3 is 2.78 bits per heavy atom. The van der Waals surface area contributed by atoms with Crippen molar-refractivity contribution in [2.45, 2.75) is 24.7 Å². The third-order valence-corrected chi connectivity index (χ3v) is 3.70. The Morgan fingerprint density at radius 2 is 2.28 bits per heavy atom. The van der Waals surface area contributed by atoms with Crippen LogP contribution in [-0.2, 0) is 10.0 Å². The molecule has 1 aromatic rings. The number of carbonyl (C=O) groups is 1. The van der Waals surface area contributed by atoms with Gasteiger partial charge in [-0.3, -0.25) is 0 Å². The van der Waals surface area contributed by atoms with Crippen LogP contribution in [0.4, 0.5) is 0 Å². The molecule has 98 valence electrons. The quantitative estimate of drug-likeness (QED) is 0.741. The maximum Gasteiger partial charge on any atom is 0.371 e. The molecule has 0 bridgehead atoms. The fraction of sp³-hybridized carbons (Fsp3) is 0.400. The molecule has 0 saturated heterocycles. The molecule has 1 aromatic heterocycles. The van der Waals surface area contributed by atoms with Gasteiger partial charge >= 0.3 is 5.97 Å². The summed E-state index contributed by atoms with van der Waals surface area (Å²) in [6, 6.07) is 2.86. The highest BCUT2D eigenvalue weighted by Gasteiger charge is 2.23. The van der Waals surface area contributed by atoms with Crippen LogP contribution in [0.5, 0.6) is 0 Å². The van der Waals surface area contributed by atoms with Gasteiger partial charge in [-0.15, -0.1) is 0 Å². The van der Waals surface area contributed by atoms with E-state index >= 15 is 0 Å². The maximum atomic E-state index is 11.8. The molecular formula is C10H12N2O5S. The van der Waals surface area contributed by atoms with Gasteiger partial charge in [0.2, 0.25) is 15.8 Å². The summed E-state index contributed by atoms with van der Waals surface area (Å²) in [7, 11) is -3.80. The average molecular weight is 272 g/mol. The van der Waals surface area contributed by atoms with Crippen LogP contribution in [0, 0.1) is 18.3 Å². The number of hydrogen-bond donors (Lipinski definition) is 2. The third kappa shape index (κ3) is 3.32. The molecule has 1 rings (SSSR count). The number of nitrogens with zero attached hydrogens (tertiary/aromatic N) is 1. The van der Waals surface area contributed by atoms with Gasteiger partial charge in [-0.05, 0) is 13.3 Å². The lowest BCUT2D eigenvalue weighted by molar-refractivity contribution is 0.0661. The molecule has 0 aromatic carbocycles. The monoisotopic (exact) mass is 272 g/mol. The highest BCUT2D eigenvalue weighted by Crippen LogP contribution is 2.19. The van der Waals surface area contributed by atoms with Gasteiger partial charge in [0.15, 0.2) is 0 Å². The minimum atomic E-state index is -3.80. The van der Waals surface area contributed by atoms with Gasteiger partial charge in [-0.1, -0.05) is 0 Å². The van der Waals surface area contributed by atoms with E-state index in [1.165, 1.54) is 6.92 Å². The minimum absolute atomic E-state index is 0.0141. The van der Waals surface area contributed by atoms with Crippen molar-refractivity contribution in [2.75, 3.05) is 6.54 Å². The van der Waals surface area contributed by atoms with Crippen LogP contribution in [0.3, 0.4) is 0 Å². The van der Waals surface area contributed by atoms with Crippen molar-refractivity contribution < 1.29 is 22.7 Å². The summed E-state index contributed by atoms with van der Waals surface area (Å²) in [5.41, 5.74) is 0. The van der Waals surface area contributed by atoms with E-state index in [2.05, 4.69) is 4.72 Å². The van der Waals surface area contributed by atoms with E-state index in [0.717, 1.165) is 6.07 Å². The number of nitrogens with one attached hydrogen (secondary N) is 1. The number of carboxylic acids is 1. The standard InChI is InChI=1S/C10H12N2O5S/c1-7-9(6-8(17-7)10(13)14)18(15,16)12-5-3-2-4-11/h6,12H,2-3,5H2,1H3,(H,13,14). The van der Waals surface area contributed by atoms with E-state index < -0.39 is 21.8 Å². The summed E-state index contributed by atoms with van der Waals surface area (Å²) in [5.74, 6) is -1.74. The summed E-state index contributed by atoms with van der Waals surface area (Å²) in [4.78, 5) is 10.5. The van der Waals surface area contributed by atoms with Crippen LogP contribution in [0.2, 0.25) is 0 Å². The Balaban J connectivity index is 2.85. The summed E-state index contributed by atoms with van der Waals surface area (Å²) >= 11 is 0. The summed E-state index contributed by atoms with van der Waals surface area (Å²) in [5, 5.41) is 17.0. The molecule has 0 fully saturated rings. The van der Waals surface area contributed by atoms with Gasteiger partial charge in [-0.2, -0.15) is 5.26 Å². The van der Waals surface area contributed by atoms with E-state index in [4.69, 9.17) is 14.8 Å². The predicted octanol–water partition coefficient (Wildman–Crippen LogP) is 0.868. The molecular weight excluding hydrogens is 260 g/mol. The zero-order valence-corrected chi connectivity index (χ0v) is 10.5. The molecule has 18 heavy (non-hydrogen) atoms. The van der Waals surface area contributed by atoms with Crippen LogP contribution in [0.15, 0.2) is 15.4 Å². The number of sulfonamides is 1. The topological polar surface area (TPSA) is 120 Å². The van der Waals surface area contributed by atoms with E-state index in [9.17, 15) is 13.2 Å². The van der Waals surface area contributed by atoms with Crippen LogP contribution in [-0.4, -0.2) is 26.0 Å². The van der Waals surface area contributed by atoms with E-state index in [-0.39, 0.29) is 23.6 Å². The Kier molecular flexibility index (Phi) is 4.47. The molecule has 0 saturated carbocycles. The molecule has 0 aliphatic rings. The maximum absolute atomic E-state index is 11.8. The Morgan fingerprint density at radius 1 is 1.61 bits per heavy atom. The smallest absolute Gasteiger partial charge is 0.371 e. The number of furan rings is 1. The van der Waals surface area contributed by atoms with Crippen molar-refractivity contribution in [2.24, 2.45) is 0 Å². The Hall–Kier alpha value is -1.85. The second-order valence-electron chi connectivity index (χ2n) is 3.50. The summed E-state index contributed by atoms with van der Waals surface area (Å²) in [6.07, 6.45) is 0.631. The van der Waals surface area contributed by atoms with Crippen molar-refractivity contribution in [3.05, 3.63) is 17.6 Å². The number of aryl methyl sites for hydroxylation is 1. The number of carboxylic acid groups (broad SMARTS) is 1. The molecule has 0 radical (unpaired) electrons. The first-order chi connectivity index (χ1) is 8.38. The van der Waals surface area contributed by atoms with Crippen molar-refractivity contribution in [1.82, 2.24) is 4.72 Å². The molecule has 0 unspecified atom stereocenters. The largest absolute Gasteiger partial charge is 0.475 e. The molecule has 7 nitrogen and oxygen atoms in total. The molecule has 1 heterocycles. The molecule has 0 atom stereocenters. The van der Waals surface area contributed by atoms with Crippen LogP contribution in [0.1, 0.15) is 29.2 Å². The van der Waals surface area contributed by atoms with Crippen molar-refractivity contribution in [1.29, 1.82) is 5.26 Å². The molecule has 0 amide bonds. The second-order valence-corrected chi connectivity index (χ2v) is 5.23. The van der Waals surface area contributed by atoms with Crippen LogP contribution in [0.25, 0.3) is 0 Å². The number of hydrogen-bond acceptors (Lipinski definition) is 5. The van der Waals surface area contributed by atoms with Crippen LogP contribution < -0.4 is 4.72 Å². The molecule has 2 N–H and O–H groups in total. The van der Waals surface area contributed by atoms with Gasteiger partial charge in [0.05, 0.1) is 6.07 Å². The normalized spacial score (nSPS) is 11.1. The second kappa shape index (κ2) is 5.66. The zero-order chi connectivity index (χ0) is 13.8. The van der Waals surface area contributed by atoms with Gasteiger partial charge in [-0.25, -0.2) is 17.9 Å². The third-order valence-electron chi connectivity index (χ3n) is 2.13. The molecule has 0 aliphatic heterocycles. The molecule has 8 heteroatoms. The summed E-state index contributed by atoms with van der Waals surface area (Å²) in [6.45, 7) is 1.49. The average Bonchev–Trinajstić information content (AvgIpc) is 2.68. The Labute approximate surface area is 104 Å². The predicted molar refractivity (Wildman–Crippen MR) is 60.4 cm³/mol. The van der Waals surface area contributed by atoms with Gasteiger partial charge in [0.25, 0.3) is 0 Å². The first kappa shape index (κ1) is 14.2. The lowest BCUT2D eigenvalue weighted by Gasteiger charge is -2.03. The van der Waals surface area contributed by atoms with Gasteiger partial charge < -0.3 is 9.52 Å².